The highest BCUT2D eigenvalue weighted by atomic mass is 32.2. The van der Waals surface area contributed by atoms with Crippen LogP contribution < -0.4 is 10.1 Å². The summed E-state index contributed by atoms with van der Waals surface area (Å²) in [6, 6.07) is 13.9. The van der Waals surface area contributed by atoms with Gasteiger partial charge >= 0.3 is 0 Å². The number of amides is 1. The second kappa shape index (κ2) is 9.21. The SMILES string of the molecule is CN(C)S(=O)(=O)c1ccc(NC(=O)COc2ccc(C3SCCS3)cc2)cc1. The van der Waals surface area contributed by atoms with Gasteiger partial charge in [0.25, 0.3) is 5.91 Å². The summed E-state index contributed by atoms with van der Waals surface area (Å²) < 4.78 is 31.3. The second-order valence-electron chi connectivity index (χ2n) is 6.29. The van der Waals surface area contributed by atoms with E-state index in [1.165, 1.54) is 43.3 Å². The normalized spacial score (nSPS) is 15.0. The van der Waals surface area contributed by atoms with E-state index in [1.54, 1.807) is 12.1 Å². The highest BCUT2D eigenvalue weighted by Gasteiger charge is 2.18. The molecule has 150 valence electrons. The van der Waals surface area contributed by atoms with Crippen LogP contribution in [0.3, 0.4) is 0 Å². The molecule has 28 heavy (non-hydrogen) atoms. The van der Waals surface area contributed by atoms with Gasteiger partial charge < -0.3 is 10.1 Å². The third-order valence-electron chi connectivity index (χ3n) is 4.06. The molecule has 2 aromatic rings. The van der Waals surface area contributed by atoms with Gasteiger partial charge in [-0.1, -0.05) is 12.1 Å². The lowest BCUT2D eigenvalue weighted by Gasteiger charge is -2.12. The zero-order valence-electron chi connectivity index (χ0n) is 15.6. The number of hydrogen-bond acceptors (Lipinski definition) is 6. The van der Waals surface area contributed by atoms with Crippen LogP contribution in [-0.4, -0.2) is 50.8 Å². The van der Waals surface area contributed by atoms with Gasteiger partial charge in [0.05, 0.1) is 9.48 Å². The number of carbonyl (C=O) groups is 1. The molecule has 2 aromatic carbocycles. The minimum Gasteiger partial charge on any atom is -0.484 e. The lowest BCUT2D eigenvalue weighted by Crippen LogP contribution is -2.22. The van der Waals surface area contributed by atoms with Gasteiger partial charge in [-0.15, -0.1) is 23.5 Å². The van der Waals surface area contributed by atoms with Crippen molar-refractivity contribution in [2.24, 2.45) is 0 Å². The number of carbonyl (C=O) groups excluding carboxylic acids is 1. The number of anilines is 1. The number of nitrogens with one attached hydrogen (secondary N) is 1. The molecule has 1 aliphatic rings. The molecular formula is C19H22N2O4S3. The maximum Gasteiger partial charge on any atom is 0.262 e. The molecule has 9 heteroatoms. The monoisotopic (exact) mass is 438 g/mol. The molecule has 0 bridgehead atoms. The van der Waals surface area contributed by atoms with E-state index in [0.29, 0.717) is 16.0 Å². The summed E-state index contributed by atoms with van der Waals surface area (Å²) in [5.41, 5.74) is 1.77. The van der Waals surface area contributed by atoms with Crippen molar-refractivity contribution >= 4 is 45.1 Å². The summed E-state index contributed by atoms with van der Waals surface area (Å²) in [4.78, 5) is 12.3. The molecule has 6 nitrogen and oxygen atoms in total. The summed E-state index contributed by atoms with van der Waals surface area (Å²) in [7, 11) is -0.540. The highest BCUT2D eigenvalue weighted by Crippen LogP contribution is 2.45. The fourth-order valence-corrected chi connectivity index (χ4v) is 6.30. The molecule has 0 unspecified atom stereocenters. The van der Waals surface area contributed by atoms with E-state index in [9.17, 15) is 13.2 Å². The van der Waals surface area contributed by atoms with Crippen LogP contribution in [0.1, 0.15) is 10.1 Å². The number of sulfonamides is 1. The minimum atomic E-state index is -3.49. The third kappa shape index (κ3) is 5.22. The van der Waals surface area contributed by atoms with Crippen molar-refractivity contribution < 1.29 is 17.9 Å². The summed E-state index contributed by atoms with van der Waals surface area (Å²) in [6.07, 6.45) is 0. The van der Waals surface area contributed by atoms with Crippen molar-refractivity contribution in [2.45, 2.75) is 9.48 Å². The number of rotatable bonds is 7. The molecule has 0 atom stereocenters. The summed E-state index contributed by atoms with van der Waals surface area (Å²) in [6.45, 7) is -0.121. The van der Waals surface area contributed by atoms with E-state index in [0.717, 1.165) is 4.31 Å². The molecular weight excluding hydrogens is 416 g/mol. The van der Waals surface area contributed by atoms with Crippen molar-refractivity contribution in [1.82, 2.24) is 4.31 Å². The molecule has 1 N–H and O–H groups in total. The Hall–Kier alpha value is -1.68. The molecule has 0 aromatic heterocycles. The van der Waals surface area contributed by atoms with E-state index in [1.807, 2.05) is 47.8 Å². The number of nitrogens with zero attached hydrogens (tertiary/aromatic N) is 1. The van der Waals surface area contributed by atoms with Gasteiger partial charge in [0.2, 0.25) is 10.0 Å². The van der Waals surface area contributed by atoms with Crippen LogP contribution in [0, 0.1) is 0 Å². The lowest BCUT2D eigenvalue weighted by molar-refractivity contribution is -0.118. The Morgan fingerprint density at radius 1 is 1.07 bits per heavy atom. The smallest absolute Gasteiger partial charge is 0.262 e. The Morgan fingerprint density at radius 3 is 2.25 bits per heavy atom. The minimum absolute atomic E-state index is 0.121. The van der Waals surface area contributed by atoms with Gasteiger partial charge in [-0.25, -0.2) is 12.7 Å². The van der Waals surface area contributed by atoms with Gasteiger partial charge in [-0.05, 0) is 42.0 Å². The number of ether oxygens (including phenoxy) is 1. The van der Waals surface area contributed by atoms with E-state index >= 15 is 0 Å². The van der Waals surface area contributed by atoms with Crippen LogP contribution in [0.25, 0.3) is 0 Å². The first-order chi connectivity index (χ1) is 13.4. The highest BCUT2D eigenvalue weighted by molar-refractivity contribution is 8.19. The predicted octanol–water partition coefficient (Wildman–Crippen LogP) is 3.43. The Bertz CT molecular complexity index is 907. The van der Waals surface area contributed by atoms with Gasteiger partial charge in [0.15, 0.2) is 6.61 Å². The standard InChI is InChI=1S/C19H22N2O4S3/c1-21(2)28(23,24)17-9-5-15(6-10-17)20-18(22)13-25-16-7-3-14(4-8-16)19-26-11-12-27-19/h3-10,19H,11-13H2,1-2H3,(H,20,22). The van der Waals surface area contributed by atoms with E-state index < -0.39 is 10.0 Å². The van der Waals surface area contributed by atoms with Crippen LogP contribution >= 0.6 is 23.5 Å². The zero-order chi connectivity index (χ0) is 20.1. The number of thioether (sulfide) groups is 2. The van der Waals surface area contributed by atoms with Crippen LogP contribution in [0.4, 0.5) is 5.69 Å². The first-order valence-corrected chi connectivity index (χ1v) is 12.2. The van der Waals surface area contributed by atoms with Crippen molar-refractivity contribution in [3.05, 3.63) is 54.1 Å². The fraction of sp³-hybridized carbons (Fsp3) is 0.316. The molecule has 3 rings (SSSR count). The first kappa shape index (κ1) is 21.0. The van der Waals surface area contributed by atoms with Crippen LogP contribution in [0.2, 0.25) is 0 Å². The van der Waals surface area contributed by atoms with Gasteiger partial charge in [-0.2, -0.15) is 0 Å². The predicted molar refractivity (Wildman–Crippen MR) is 116 cm³/mol. The Morgan fingerprint density at radius 2 is 1.68 bits per heavy atom. The molecule has 1 fully saturated rings. The largest absolute Gasteiger partial charge is 0.484 e. The van der Waals surface area contributed by atoms with Crippen molar-refractivity contribution in [3.63, 3.8) is 0 Å². The number of hydrogen-bond donors (Lipinski definition) is 1. The van der Waals surface area contributed by atoms with Crippen LogP contribution in [0.15, 0.2) is 53.4 Å². The Kier molecular flexibility index (Phi) is 6.92. The van der Waals surface area contributed by atoms with E-state index in [2.05, 4.69) is 5.32 Å². The average Bonchev–Trinajstić information content (AvgIpc) is 3.22. The summed E-state index contributed by atoms with van der Waals surface area (Å²) in [5.74, 6) is 2.68. The molecule has 1 heterocycles. The molecule has 1 saturated heterocycles. The Balaban J connectivity index is 1.51. The van der Waals surface area contributed by atoms with Gasteiger partial charge in [0, 0.05) is 31.3 Å². The fourth-order valence-electron chi connectivity index (χ4n) is 2.54. The van der Waals surface area contributed by atoms with Crippen molar-refractivity contribution in [3.8, 4) is 5.75 Å². The summed E-state index contributed by atoms with van der Waals surface area (Å²) >= 11 is 3.88. The second-order valence-corrected chi connectivity index (χ2v) is 11.2. The van der Waals surface area contributed by atoms with E-state index in [-0.39, 0.29) is 17.4 Å². The molecule has 0 aliphatic carbocycles. The quantitative estimate of drug-likeness (QED) is 0.714. The summed E-state index contributed by atoms with van der Waals surface area (Å²) in [5, 5.41) is 2.70. The number of benzene rings is 2. The maximum atomic E-state index is 12.1. The zero-order valence-corrected chi connectivity index (χ0v) is 18.1. The van der Waals surface area contributed by atoms with Gasteiger partial charge in [0.1, 0.15) is 5.75 Å². The first-order valence-electron chi connectivity index (χ1n) is 8.65. The maximum absolute atomic E-state index is 12.1. The Labute approximate surface area is 174 Å². The third-order valence-corrected chi connectivity index (χ3v) is 8.99. The van der Waals surface area contributed by atoms with Gasteiger partial charge in [-0.3, -0.25) is 4.79 Å². The van der Waals surface area contributed by atoms with Crippen LogP contribution in [0.5, 0.6) is 5.75 Å². The molecule has 1 aliphatic heterocycles. The molecule has 1 amide bonds. The van der Waals surface area contributed by atoms with Crippen molar-refractivity contribution in [1.29, 1.82) is 0 Å². The lowest BCUT2D eigenvalue weighted by atomic mass is 10.2. The van der Waals surface area contributed by atoms with Crippen molar-refractivity contribution in [2.75, 3.05) is 37.5 Å². The molecule has 0 saturated carbocycles. The average molecular weight is 439 g/mol. The topological polar surface area (TPSA) is 75.7 Å². The van der Waals surface area contributed by atoms with Crippen LogP contribution in [-0.2, 0) is 14.8 Å². The molecule has 0 radical (unpaired) electrons. The van der Waals surface area contributed by atoms with E-state index in [4.69, 9.17) is 4.74 Å². The molecule has 0 spiro atoms.